The van der Waals surface area contributed by atoms with E-state index in [1.54, 1.807) is 0 Å². The van der Waals surface area contributed by atoms with E-state index in [2.05, 4.69) is 111 Å². The summed E-state index contributed by atoms with van der Waals surface area (Å²) in [6, 6.07) is 0. The number of hydrogen-bond donors (Lipinski definition) is 1. The summed E-state index contributed by atoms with van der Waals surface area (Å²) in [4.78, 5) is 36.0. The Balaban J connectivity index is 3.95. The number of phosphoric acid groups is 1. The van der Waals surface area contributed by atoms with E-state index >= 15 is 0 Å². The van der Waals surface area contributed by atoms with Gasteiger partial charge in [0, 0.05) is 12.8 Å². The van der Waals surface area contributed by atoms with E-state index in [0.717, 1.165) is 77.0 Å². The van der Waals surface area contributed by atoms with Crippen LogP contribution in [0.1, 0.15) is 361 Å². The highest BCUT2D eigenvalue weighted by Gasteiger charge is 2.27. The standard InChI is InChI=1S/C82H148NO8P/c1-6-8-10-12-14-16-18-20-22-24-26-28-30-32-34-36-37-38-39-40-41-42-43-44-45-47-49-51-53-55-57-59-61-63-65-67-69-71-73-75-82(85)91-80(79-90-92(86,87)89-77-76-83(3,4)5)78-88-81(84)74-72-70-68-66-64-62-60-58-56-54-52-50-48-46-35-33-31-29-27-25-23-21-19-17-15-13-11-9-7-2/h8,10,14,16,19-22,25-28,32,34,37-38,80H,6-7,9,11-13,15,17-18,23-24,29-31,33,35-36,39-79H2,1-5H3/p+1/b10-8-,16-14-,21-19-,22-20-,27-25-,28-26-,34-32-,38-37-. The van der Waals surface area contributed by atoms with Gasteiger partial charge >= 0.3 is 19.8 Å². The second-order valence-electron chi connectivity index (χ2n) is 27.4. The fraction of sp³-hybridized carbons (Fsp3) is 0.780. The van der Waals surface area contributed by atoms with E-state index in [4.69, 9.17) is 18.5 Å². The lowest BCUT2D eigenvalue weighted by atomic mass is 10.0. The Kier molecular flexibility index (Phi) is 69.8. The number of carbonyl (C=O) groups excluding carboxylic acids is 2. The predicted molar refractivity (Wildman–Crippen MR) is 399 cm³/mol. The first-order valence-electron chi connectivity index (χ1n) is 39.0. The smallest absolute Gasteiger partial charge is 0.462 e. The largest absolute Gasteiger partial charge is 0.472 e. The van der Waals surface area contributed by atoms with E-state index < -0.39 is 26.5 Å². The lowest BCUT2D eigenvalue weighted by Crippen LogP contribution is -2.37. The molecule has 0 radical (unpaired) electrons. The molecule has 0 aromatic carbocycles. The van der Waals surface area contributed by atoms with Crippen molar-refractivity contribution in [2.45, 2.75) is 367 Å². The van der Waals surface area contributed by atoms with Crippen molar-refractivity contribution in [3.63, 3.8) is 0 Å². The number of esters is 2. The number of likely N-dealkylation sites (N-methyl/N-ethyl adjacent to an activating group) is 1. The topological polar surface area (TPSA) is 108 Å². The molecule has 0 rings (SSSR count). The van der Waals surface area contributed by atoms with Gasteiger partial charge in [-0.15, -0.1) is 0 Å². The number of carbonyl (C=O) groups is 2. The molecule has 0 amide bonds. The molecule has 0 spiro atoms. The van der Waals surface area contributed by atoms with Gasteiger partial charge in [-0.1, -0.05) is 349 Å². The Morgan fingerprint density at radius 1 is 0.348 bits per heavy atom. The Morgan fingerprint density at radius 2 is 0.620 bits per heavy atom. The molecule has 0 saturated carbocycles. The zero-order chi connectivity index (χ0) is 66.9. The molecule has 92 heavy (non-hydrogen) atoms. The van der Waals surface area contributed by atoms with Gasteiger partial charge in [0.2, 0.25) is 0 Å². The lowest BCUT2D eigenvalue weighted by molar-refractivity contribution is -0.870. The van der Waals surface area contributed by atoms with Crippen LogP contribution in [0, 0.1) is 0 Å². The van der Waals surface area contributed by atoms with Crippen molar-refractivity contribution in [1.82, 2.24) is 0 Å². The maximum Gasteiger partial charge on any atom is 0.472 e. The van der Waals surface area contributed by atoms with Crippen LogP contribution in [-0.4, -0.2) is 74.9 Å². The normalized spacial score (nSPS) is 13.6. The summed E-state index contributed by atoms with van der Waals surface area (Å²) in [5.41, 5.74) is 0. The van der Waals surface area contributed by atoms with Crippen LogP contribution < -0.4 is 0 Å². The highest BCUT2D eigenvalue weighted by molar-refractivity contribution is 7.47. The Hall–Kier alpha value is -3.07. The van der Waals surface area contributed by atoms with Crippen LogP contribution in [0.15, 0.2) is 97.2 Å². The number of rotatable bonds is 72. The molecule has 2 unspecified atom stereocenters. The second-order valence-corrected chi connectivity index (χ2v) is 28.8. The van der Waals surface area contributed by atoms with Gasteiger partial charge in [0.05, 0.1) is 27.7 Å². The van der Waals surface area contributed by atoms with Crippen LogP contribution in [-0.2, 0) is 32.7 Å². The third kappa shape index (κ3) is 76.0. The van der Waals surface area contributed by atoms with Gasteiger partial charge in [-0.25, -0.2) is 4.57 Å². The first-order valence-corrected chi connectivity index (χ1v) is 40.5. The van der Waals surface area contributed by atoms with Crippen LogP contribution in [0.2, 0.25) is 0 Å². The maximum absolute atomic E-state index is 12.9. The first-order chi connectivity index (χ1) is 45.0. The number of hydrogen-bond acceptors (Lipinski definition) is 7. The summed E-state index contributed by atoms with van der Waals surface area (Å²) in [5.74, 6) is -0.781. The van der Waals surface area contributed by atoms with Crippen molar-refractivity contribution in [1.29, 1.82) is 0 Å². The van der Waals surface area contributed by atoms with E-state index in [-0.39, 0.29) is 25.6 Å². The number of quaternary nitrogens is 1. The molecule has 0 aromatic heterocycles. The molecule has 0 bridgehead atoms. The molecule has 10 heteroatoms. The van der Waals surface area contributed by atoms with Crippen molar-refractivity contribution in [2.75, 3.05) is 47.5 Å². The molecule has 0 aliphatic rings. The minimum atomic E-state index is -4.40. The average molecular weight is 1310 g/mol. The molecule has 0 fully saturated rings. The van der Waals surface area contributed by atoms with Crippen molar-refractivity contribution in [3.05, 3.63) is 97.2 Å². The Labute approximate surface area is 570 Å². The zero-order valence-electron chi connectivity index (χ0n) is 61.0. The van der Waals surface area contributed by atoms with Gasteiger partial charge in [-0.3, -0.25) is 18.6 Å². The van der Waals surface area contributed by atoms with Crippen LogP contribution in [0.4, 0.5) is 0 Å². The Morgan fingerprint density at radius 3 is 0.924 bits per heavy atom. The van der Waals surface area contributed by atoms with Crippen molar-refractivity contribution >= 4 is 19.8 Å². The molecule has 2 atom stereocenters. The van der Waals surface area contributed by atoms with E-state index in [1.807, 2.05) is 21.1 Å². The molecule has 1 N–H and O–H groups in total. The van der Waals surface area contributed by atoms with Crippen LogP contribution in [0.3, 0.4) is 0 Å². The number of phosphoric ester groups is 1. The zero-order valence-corrected chi connectivity index (χ0v) is 61.9. The molecule has 0 saturated heterocycles. The van der Waals surface area contributed by atoms with Crippen LogP contribution >= 0.6 is 7.82 Å². The second kappa shape index (κ2) is 72.2. The number of nitrogens with zero attached hydrogens (tertiary/aromatic N) is 1. The summed E-state index contributed by atoms with van der Waals surface area (Å²) in [6.07, 6.45) is 101. The van der Waals surface area contributed by atoms with Crippen molar-refractivity contribution in [3.8, 4) is 0 Å². The summed E-state index contributed by atoms with van der Waals surface area (Å²) < 4.78 is 34.8. The SMILES string of the molecule is CC/C=C\C/C=C\C/C=C\C/C=C\C/C=C\C/C=C\CCCCCCCCCCCCCCCCCCCCCCC(=O)OC(COC(=O)CCCCCCCCCCCCCCCCCCC/C=C\C/C=C\CCCCCCC)COP(=O)(O)OCC[N+](C)(C)C. The quantitative estimate of drug-likeness (QED) is 0.0211. The van der Waals surface area contributed by atoms with Gasteiger partial charge in [0.25, 0.3) is 0 Å². The molecule has 0 aliphatic heterocycles. The lowest BCUT2D eigenvalue weighted by Gasteiger charge is -2.24. The van der Waals surface area contributed by atoms with E-state index in [0.29, 0.717) is 23.9 Å². The molecule has 534 valence electrons. The van der Waals surface area contributed by atoms with Gasteiger partial charge in [-0.2, -0.15) is 0 Å². The highest BCUT2D eigenvalue weighted by Crippen LogP contribution is 2.43. The molecular formula is C82H149NO8P+. The predicted octanol–water partition coefficient (Wildman–Crippen LogP) is 25.8. The Bertz CT molecular complexity index is 1880. The van der Waals surface area contributed by atoms with Gasteiger partial charge in [-0.05, 0) is 96.3 Å². The van der Waals surface area contributed by atoms with E-state index in [1.165, 1.54) is 250 Å². The van der Waals surface area contributed by atoms with Crippen molar-refractivity contribution < 1.29 is 42.1 Å². The minimum Gasteiger partial charge on any atom is -0.462 e. The van der Waals surface area contributed by atoms with Gasteiger partial charge < -0.3 is 18.9 Å². The number of allylic oxidation sites excluding steroid dienone is 16. The highest BCUT2D eigenvalue weighted by atomic mass is 31.2. The fourth-order valence-corrected chi connectivity index (χ4v) is 11.9. The minimum absolute atomic E-state index is 0.0316. The summed E-state index contributed by atoms with van der Waals surface area (Å²) in [6.45, 7) is 4.36. The summed E-state index contributed by atoms with van der Waals surface area (Å²) in [7, 11) is 1.49. The molecular weight excluding hydrogens is 1160 g/mol. The maximum atomic E-state index is 12.9. The molecule has 0 aliphatic carbocycles. The van der Waals surface area contributed by atoms with Crippen LogP contribution in [0.25, 0.3) is 0 Å². The fourth-order valence-electron chi connectivity index (χ4n) is 11.2. The first kappa shape index (κ1) is 88.9. The number of unbranched alkanes of at least 4 members (excludes halogenated alkanes) is 42. The van der Waals surface area contributed by atoms with Gasteiger partial charge in [0.15, 0.2) is 6.10 Å². The summed E-state index contributed by atoms with van der Waals surface area (Å²) in [5, 5.41) is 0. The van der Waals surface area contributed by atoms with Crippen LogP contribution in [0.5, 0.6) is 0 Å². The summed E-state index contributed by atoms with van der Waals surface area (Å²) >= 11 is 0. The molecule has 9 nitrogen and oxygen atoms in total. The van der Waals surface area contributed by atoms with Crippen molar-refractivity contribution in [2.24, 2.45) is 0 Å². The third-order valence-corrected chi connectivity index (χ3v) is 18.1. The average Bonchev–Trinajstić information content (AvgIpc) is 2.14. The monoisotopic (exact) mass is 1310 g/mol. The van der Waals surface area contributed by atoms with E-state index in [9.17, 15) is 19.0 Å². The molecule has 0 aromatic rings. The third-order valence-electron chi connectivity index (χ3n) is 17.1. The number of ether oxygens (including phenoxy) is 2. The van der Waals surface area contributed by atoms with Gasteiger partial charge in [0.1, 0.15) is 19.8 Å². The molecule has 0 heterocycles.